The van der Waals surface area contributed by atoms with Crippen molar-refractivity contribution in [2.24, 2.45) is 5.92 Å². The maximum Gasteiger partial charge on any atom is 0.227 e. The molecule has 7 nitrogen and oxygen atoms in total. The Morgan fingerprint density at radius 2 is 1.53 bits per heavy atom. The quantitative estimate of drug-likeness (QED) is 0.624. The number of amides is 3. The van der Waals surface area contributed by atoms with Crippen LogP contribution >= 0.6 is 0 Å². The minimum absolute atomic E-state index is 0.0640. The number of carbonyl (C=O) groups excluding carboxylic acids is 3. The molecule has 0 spiro atoms. The minimum Gasteiger partial charge on any atom is -0.339 e. The molecule has 0 aromatic heterocycles. The Morgan fingerprint density at radius 1 is 0.967 bits per heavy atom. The van der Waals surface area contributed by atoms with Crippen molar-refractivity contribution in [2.75, 3.05) is 37.6 Å². The number of piperazine rings is 1. The number of carbonyl (C=O) groups is 3. The molecule has 1 aliphatic heterocycles. The van der Waals surface area contributed by atoms with Crippen LogP contribution in [0.15, 0.2) is 30.3 Å². The van der Waals surface area contributed by atoms with Crippen LogP contribution < -0.4 is 4.90 Å². The summed E-state index contributed by atoms with van der Waals surface area (Å²) in [4.78, 5) is 42.6. The van der Waals surface area contributed by atoms with E-state index in [0.717, 1.165) is 12.1 Å². The Balaban J connectivity index is 1.81. The van der Waals surface area contributed by atoms with E-state index < -0.39 is 0 Å². The van der Waals surface area contributed by atoms with Gasteiger partial charge in [-0.1, -0.05) is 32.0 Å². The third-order valence-corrected chi connectivity index (χ3v) is 5.29. The van der Waals surface area contributed by atoms with Crippen LogP contribution in [-0.4, -0.2) is 60.2 Å². The first-order valence-corrected chi connectivity index (χ1v) is 10.7. The zero-order chi connectivity index (χ0) is 21.9. The number of hydrogen-bond acceptors (Lipinski definition) is 4. The van der Waals surface area contributed by atoms with Crippen LogP contribution in [0.4, 0.5) is 5.69 Å². The van der Waals surface area contributed by atoms with E-state index in [-0.39, 0.29) is 37.0 Å². The fourth-order valence-corrected chi connectivity index (χ4v) is 3.45. The SMILES string of the molecule is CC(C)CCC(=O)N1CCN(C(=O)CCC(=O)N(CCC#N)c2ccccc2)CC1. The van der Waals surface area contributed by atoms with Gasteiger partial charge in [-0.3, -0.25) is 14.4 Å². The molecule has 0 N–H and O–H groups in total. The lowest BCUT2D eigenvalue weighted by Crippen LogP contribution is -2.50. The van der Waals surface area contributed by atoms with Gasteiger partial charge in [-0.25, -0.2) is 0 Å². The summed E-state index contributed by atoms with van der Waals surface area (Å²) in [6, 6.07) is 11.3. The van der Waals surface area contributed by atoms with Gasteiger partial charge < -0.3 is 14.7 Å². The number of hydrogen-bond donors (Lipinski definition) is 0. The highest BCUT2D eigenvalue weighted by Gasteiger charge is 2.25. The zero-order valence-electron chi connectivity index (χ0n) is 18.0. The number of para-hydroxylation sites is 1. The van der Waals surface area contributed by atoms with Crippen molar-refractivity contribution in [3.63, 3.8) is 0 Å². The smallest absolute Gasteiger partial charge is 0.227 e. The zero-order valence-corrected chi connectivity index (χ0v) is 18.0. The van der Waals surface area contributed by atoms with Crippen molar-refractivity contribution in [1.82, 2.24) is 9.80 Å². The highest BCUT2D eigenvalue weighted by molar-refractivity contribution is 5.95. The highest BCUT2D eigenvalue weighted by atomic mass is 16.2. The molecule has 1 fully saturated rings. The monoisotopic (exact) mass is 412 g/mol. The van der Waals surface area contributed by atoms with Crippen LogP contribution in [-0.2, 0) is 14.4 Å². The van der Waals surface area contributed by atoms with Crippen molar-refractivity contribution in [2.45, 2.75) is 46.0 Å². The second-order valence-electron chi connectivity index (χ2n) is 7.98. The molecule has 1 aromatic rings. The van der Waals surface area contributed by atoms with Crippen molar-refractivity contribution >= 4 is 23.4 Å². The van der Waals surface area contributed by atoms with E-state index in [1.165, 1.54) is 0 Å². The predicted octanol–water partition coefficient (Wildman–Crippen LogP) is 2.82. The summed E-state index contributed by atoms with van der Waals surface area (Å²) in [7, 11) is 0. The molecule has 0 bridgehead atoms. The summed E-state index contributed by atoms with van der Waals surface area (Å²) in [6.07, 6.45) is 1.91. The van der Waals surface area contributed by atoms with Crippen LogP contribution in [0.2, 0.25) is 0 Å². The summed E-state index contributed by atoms with van der Waals surface area (Å²) in [5.41, 5.74) is 0.735. The molecular formula is C23H32N4O3. The Hall–Kier alpha value is -2.88. The van der Waals surface area contributed by atoms with Gasteiger partial charge in [0, 0.05) is 57.7 Å². The first-order chi connectivity index (χ1) is 14.4. The first kappa shape index (κ1) is 23.4. The number of nitrogens with zero attached hydrogens (tertiary/aromatic N) is 4. The topological polar surface area (TPSA) is 84.7 Å². The maximum atomic E-state index is 12.7. The normalized spacial score (nSPS) is 13.8. The Kier molecular flexibility index (Phi) is 9.33. The Bertz CT molecular complexity index is 749. The van der Waals surface area contributed by atoms with E-state index in [1.54, 1.807) is 9.80 Å². The number of benzene rings is 1. The summed E-state index contributed by atoms with van der Waals surface area (Å²) < 4.78 is 0. The van der Waals surface area contributed by atoms with E-state index in [9.17, 15) is 14.4 Å². The van der Waals surface area contributed by atoms with Crippen molar-refractivity contribution < 1.29 is 14.4 Å². The molecule has 30 heavy (non-hydrogen) atoms. The summed E-state index contributed by atoms with van der Waals surface area (Å²) >= 11 is 0. The number of anilines is 1. The van der Waals surface area contributed by atoms with E-state index in [4.69, 9.17) is 5.26 Å². The van der Waals surface area contributed by atoms with E-state index in [0.29, 0.717) is 45.1 Å². The molecule has 2 rings (SSSR count). The standard InChI is InChI=1S/C23H32N4O3/c1-19(2)9-10-21(28)25-15-17-26(18-16-25)22(29)11-12-23(30)27(14-6-13-24)20-7-4-3-5-8-20/h3-5,7-8,19H,6,9-12,14-18H2,1-2H3. The molecule has 1 aromatic carbocycles. The predicted molar refractivity (Wildman–Crippen MR) is 115 cm³/mol. The fourth-order valence-electron chi connectivity index (χ4n) is 3.45. The lowest BCUT2D eigenvalue weighted by Gasteiger charge is -2.35. The maximum absolute atomic E-state index is 12.7. The second-order valence-corrected chi connectivity index (χ2v) is 7.98. The van der Waals surface area contributed by atoms with Crippen LogP contribution in [0.1, 0.15) is 46.0 Å². The molecule has 3 amide bonds. The van der Waals surface area contributed by atoms with Gasteiger partial charge in [-0.05, 0) is 24.5 Å². The van der Waals surface area contributed by atoms with Gasteiger partial charge in [0.2, 0.25) is 17.7 Å². The summed E-state index contributed by atoms with van der Waals surface area (Å²) in [5.74, 6) is 0.429. The molecule has 7 heteroatoms. The largest absolute Gasteiger partial charge is 0.339 e. The Morgan fingerprint density at radius 3 is 2.07 bits per heavy atom. The average Bonchev–Trinajstić information content (AvgIpc) is 2.76. The molecule has 1 heterocycles. The highest BCUT2D eigenvalue weighted by Crippen LogP contribution is 2.16. The fraction of sp³-hybridized carbons (Fsp3) is 0.565. The molecule has 1 saturated heterocycles. The lowest BCUT2D eigenvalue weighted by atomic mass is 10.1. The van der Waals surface area contributed by atoms with Crippen molar-refractivity contribution in [3.8, 4) is 6.07 Å². The first-order valence-electron chi connectivity index (χ1n) is 10.7. The van der Waals surface area contributed by atoms with Crippen LogP contribution in [0, 0.1) is 17.2 Å². The molecule has 1 aliphatic rings. The summed E-state index contributed by atoms with van der Waals surface area (Å²) in [6.45, 7) is 6.64. The third kappa shape index (κ3) is 7.18. The van der Waals surface area contributed by atoms with Gasteiger partial charge in [0.05, 0.1) is 12.5 Å². The van der Waals surface area contributed by atoms with Gasteiger partial charge in [-0.2, -0.15) is 5.26 Å². The molecule has 0 unspecified atom stereocenters. The lowest BCUT2D eigenvalue weighted by molar-refractivity contribution is -0.140. The van der Waals surface area contributed by atoms with E-state index >= 15 is 0 Å². The average molecular weight is 413 g/mol. The molecule has 0 atom stereocenters. The number of nitriles is 1. The molecular weight excluding hydrogens is 380 g/mol. The van der Waals surface area contributed by atoms with Crippen LogP contribution in [0.3, 0.4) is 0 Å². The minimum atomic E-state index is -0.160. The molecule has 0 radical (unpaired) electrons. The van der Waals surface area contributed by atoms with Gasteiger partial charge in [0.15, 0.2) is 0 Å². The third-order valence-electron chi connectivity index (χ3n) is 5.29. The summed E-state index contributed by atoms with van der Waals surface area (Å²) in [5, 5.41) is 8.88. The number of rotatable bonds is 9. The second kappa shape index (κ2) is 12.0. The van der Waals surface area contributed by atoms with Crippen LogP contribution in [0.5, 0.6) is 0 Å². The van der Waals surface area contributed by atoms with E-state index in [2.05, 4.69) is 19.9 Å². The van der Waals surface area contributed by atoms with Gasteiger partial charge in [0.25, 0.3) is 0 Å². The van der Waals surface area contributed by atoms with Crippen molar-refractivity contribution in [1.29, 1.82) is 5.26 Å². The van der Waals surface area contributed by atoms with Crippen LogP contribution in [0.25, 0.3) is 0 Å². The molecule has 0 saturated carbocycles. The molecule has 162 valence electrons. The van der Waals surface area contributed by atoms with Gasteiger partial charge in [0.1, 0.15) is 0 Å². The Labute approximate surface area is 179 Å². The van der Waals surface area contributed by atoms with E-state index in [1.807, 2.05) is 35.2 Å². The van der Waals surface area contributed by atoms with Gasteiger partial charge in [-0.15, -0.1) is 0 Å². The van der Waals surface area contributed by atoms with Crippen molar-refractivity contribution in [3.05, 3.63) is 30.3 Å². The van der Waals surface area contributed by atoms with Gasteiger partial charge >= 0.3 is 0 Å². The molecule has 0 aliphatic carbocycles.